The van der Waals surface area contributed by atoms with Crippen molar-refractivity contribution in [3.05, 3.63) is 51.9 Å². The quantitative estimate of drug-likeness (QED) is 0.467. The van der Waals surface area contributed by atoms with E-state index in [0.717, 1.165) is 78.0 Å². The Morgan fingerprint density at radius 3 is 2.78 bits per heavy atom. The Hall–Kier alpha value is -2.46. The van der Waals surface area contributed by atoms with Gasteiger partial charge in [-0.15, -0.1) is 0 Å². The Bertz CT molecular complexity index is 1160. The number of hydrogen-bond acceptors (Lipinski definition) is 9. The number of hydrogen-bond donors (Lipinski definition) is 0. The number of aromatic nitrogens is 1. The molecule has 9 heteroatoms. The summed E-state index contributed by atoms with van der Waals surface area (Å²) in [7, 11) is 0. The number of aryl methyl sites for hydroxylation is 1. The van der Waals surface area contributed by atoms with Crippen molar-refractivity contribution < 1.29 is 14.3 Å². The predicted molar refractivity (Wildman–Crippen MR) is 149 cm³/mol. The number of carbonyl (C=O) groups is 1. The number of ketones is 1. The van der Waals surface area contributed by atoms with E-state index < -0.39 is 0 Å². The number of thiazole rings is 1. The van der Waals surface area contributed by atoms with Crippen molar-refractivity contribution >= 4 is 50.8 Å². The Kier molecular flexibility index (Phi) is 8.53. The Labute approximate surface area is 220 Å². The van der Waals surface area contributed by atoms with E-state index in [-0.39, 0.29) is 5.78 Å². The maximum atomic E-state index is 12.5. The molecule has 0 aliphatic carbocycles. The first-order valence-electron chi connectivity index (χ1n) is 12.6. The van der Waals surface area contributed by atoms with Crippen molar-refractivity contribution in [1.82, 2.24) is 9.88 Å². The van der Waals surface area contributed by atoms with Crippen molar-refractivity contribution in [2.24, 2.45) is 4.99 Å². The molecule has 36 heavy (non-hydrogen) atoms. The molecule has 0 amide bonds. The zero-order valence-electron chi connectivity index (χ0n) is 20.6. The fourth-order valence-corrected chi connectivity index (χ4v) is 6.21. The first-order chi connectivity index (χ1) is 17.6. The molecular weight excluding hydrogens is 492 g/mol. The second kappa shape index (κ2) is 12.2. The summed E-state index contributed by atoms with van der Waals surface area (Å²) in [4.78, 5) is 28.3. The van der Waals surface area contributed by atoms with E-state index in [2.05, 4.69) is 14.8 Å². The number of thioether (sulfide) groups is 1. The molecule has 7 nitrogen and oxygen atoms in total. The van der Waals surface area contributed by atoms with Crippen LogP contribution in [-0.2, 0) is 9.53 Å². The van der Waals surface area contributed by atoms with Crippen LogP contribution < -0.4 is 9.64 Å². The molecule has 0 spiro atoms. The molecule has 2 aromatic rings. The minimum Gasteiger partial charge on any atom is -0.492 e. The average molecular weight is 525 g/mol. The molecule has 5 rings (SSSR count). The molecule has 1 aromatic carbocycles. The highest BCUT2D eigenvalue weighted by molar-refractivity contribution is 8.18. The third-order valence-electron chi connectivity index (χ3n) is 6.42. The van der Waals surface area contributed by atoms with Gasteiger partial charge < -0.3 is 14.4 Å². The van der Waals surface area contributed by atoms with Crippen LogP contribution in [0.1, 0.15) is 29.7 Å². The summed E-state index contributed by atoms with van der Waals surface area (Å²) >= 11 is 3.06. The molecule has 0 radical (unpaired) electrons. The van der Waals surface area contributed by atoms with Gasteiger partial charge in [0.15, 0.2) is 10.9 Å². The first-order valence-corrected chi connectivity index (χ1v) is 14.2. The van der Waals surface area contributed by atoms with E-state index >= 15 is 0 Å². The van der Waals surface area contributed by atoms with Gasteiger partial charge in [0.05, 0.1) is 28.7 Å². The van der Waals surface area contributed by atoms with Crippen molar-refractivity contribution in [2.75, 3.05) is 57.4 Å². The number of ether oxygens (including phenoxy) is 2. The van der Waals surface area contributed by atoms with E-state index in [1.807, 2.05) is 37.4 Å². The number of aliphatic imine (C=N–C) groups is 1. The Morgan fingerprint density at radius 1 is 1.14 bits per heavy atom. The minimum atomic E-state index is 0.00705. The molecule has 1 aromatic heterocycles. The van der Waals surface area contributed by atoms with E-state index in [1.54, 1.807) is 23.5 Å². The highest BCUT2D eigenvalue weighted by atomic mass is 32.2. The summed E-state index contributed by atoms with van der Waals surface area (Å²) in [6, 6.07) is 5.97. The topological polar surface area (TPSA) is 67.3 Å². The third-order valence-corrected chi connectivity index (χ3v) is 8.41. The molecule has 3 aliphatic rings. The lowest BCUT2D eigenvalue weighted by Gasteiger charge is -2.26. The van der Waals surface area contributed by atoms with Crippen LogP contribution in [0.25, 0.3) is 6.08 Å². The summed E-state index contributed by atoms with van der Waals surface area (Å²) < 4.78 is 11.4. The van der Waals surface area contributed by atoms with Crippen LogP contribution in [0.5, 0.6) is 5.75 Å². The van der Waals surface area contributed by atoms with Crippen LogP contribution in [0.3, 0.4) is 0 Å². The van der Waals surface area contributed by atoms with Crippen LogP contribution in [0.15, 0.2) is 46.4 Å². The van der Waals surface area contributed by atoms with Crippen molar-refractivity contribution in [3.63, 3.8) is 0 Å². The molecule has 3 aliphatic heterocycles. The number of benzene rings is 1. The van der Waals surface area contributed by atoms with Crippen LogP contribution in [0.4, 0.5) is 10.8 Å². The lowest BCUT2D eigenvalue weighted by Crippen LogP contribution is -2.38. The van der Waals surface area contributed by atoms with Gasteiger partial charge in [-0.2, -0.15) is 0 Å². The zero-order valence-corrected chi connectivity index (χ0v) is 22.3. The van der Waals surface area contributed by atoms with Crippen LogP contribution in [0.2, 0.25) is 0 Å². The van der Waals surface area contributed by atoms with E-state index in [9.17, 15) is 4.79 Å². The standard InChI is InChI=1S/C27H32N4O3S2/c1-20-17-21(34-16-13-30-11-14-33-15-12-30)5-6-23(20)29-26-8-7-24(32)25(36-26)18-22-19-28-27(35-22)31-9-3-2-4-10-31/h5-8,17-19H,2-4,9-16H2,1H3/b25-18-,29-26?. The third kappa shape index (κ3) is 6.64. The summed E-state index contributed by atoms with van der Waals surface area (Å²) in [6.45, 7) is 9.24. The lowest BCUT2D eigenvalue weighted by molar-refractivity contribution is -0.110. The largest absolute Gasteiger partial charge is 0.492 e. The molecule has 2 saturated heterocycles. The summed E-state index contributed by atoms with van der Waals surface area (Å²) in [5.41, 5.74) is 1.91. The molecule has 0 unspecified atom stereocenters. The van der Waals surface area contributed by atoms with Crippen LogP contribution in [0, 0.1) is 6.92 Å². The van der Waals surface area contributed by atoms with Gasteiger partial charge >= 0.3 is 0 Å². The van der Waals surface area contributed by atoms with Crippen LogP contribution in [-0.4, -0.2) is 73.3 Å². The molecule has 0 N–H and O–H groups in total. The van der Waals surface area contributed by atoms with Gasteiger partial charge in [-0.1, -0.05) is 23.1 Å². The van der Waals surface area contributed by atoms with Gasteiger partial charge in [-0.05, 0) is 68.2 Å². The van der Waals surface area contributed by atoms with E-state index in [4.69, 9.17) is 14.5 Å². The minimum absolute atomic E-state index is 0.00705. The number of nitrogens with zero attached hydrogens (tertiary/aromatic N) is 4. The second-order valence-electron chi connectivity index (χ2n) is 9.10. The van der Waals surface area contributed by atoms with Gasteiger partial charge in [0.1, 0.15) is 17.4 Å². The second-order valence-corrected chi connectivity index (χ2v) is 11.2. The lowest BCUT2D eigenvalue weighted by atomic mass is 10.1. The summed E-state index contributed by atoms with van der Waals surface area (Å²) in [5, 5.41) is 1.84. The van der Waals surface area contributed by atoms with Gasteiger partial charge in [-0.25, -0.2) is 9.98 Å². The fraction of sp³-hybridized carbons (Fsp3) is 0.444. The molecule has 2 fully saturated rings. The van der Waals surface area contributed by atoms with Crippen LogP contribution >= 0.6 is 23.1 Å². The zero-order chi connectivity index (χ0) is 24.7. The number of piperidine rings is 1. The summed E-state index contributed by atoms with van der Waals surface area (Å²) in [5.74, 6) is 0.856. The monoisotopic (exact) mass is 524 g/mol. The Morgan fingerprint density at radius 2 is 1.97 bits per heavy atom. The number of carbonyl (C=O) groups excluding carboxylic acids is 1. The number of allylic oxidation sites excluding steroid dienone is 2. The highest BCUT2D eigenvalue weighted by Crippen LogP contribution is 2.33. The van der Waals surface area contributed by atoms with Crippen molar-refractivity contribution in [1.29, 1.82) is 0 Å². The summed E-state index contributed by atoms with van der Waals surface area (Å²) in [6.07, 6.45) is 10.9. The van der Waals surface area contributed by atoms with Crippen molar-refractivity contribution in [3.8, 4) is 5.75 Å². The Balaban J connectivity index is 1.22. The molecule has 0 atom stereocenters. The molecular formula is C27H32N4O3S2. The fourth-order valence-electron chi connectivity index (χ4n) is 4.37. The average Bonchev–Trinajstić information content (AvgIpc) is 3.37. The van der Waals surface area contributed by atoms with E-state index in [0.29, 0.717) is 11.5 Å². The van der Waals surface area contributed by atoms with Gasteiger partial charge in [-0.3, -0.25) is 9.69 Å². The molecule has 0 bridgehead atoms. The normalized spacial score (nSPS) is 21.5. The number of rotatable bonds is 7. The maximum absolute atomic E-state index is 12.5. The SMILES string of the molecule is Cc1cc(OCCN2CCOCC2)ccc1N=C1C=CC(=O)/C(=C/c2cnc(N3CCCCC3)s2)S1. The van der Waals surface area contributed by atoms with E-state index in [1.165, 1.54) is 31.0 Å². The van der Waals surface area contributed by atoms with Crippen molar-refractivity contribution in [2.45, 2.75) is 26.2 Å². The highest BCUT2D eigenvalue weighted by Gasteiger charge is 2.18. The molecule has 190 valence electrons. The van der Waals surface area contributed by atoms with Gasteiger partial charge in [0.2, 0.25) is 0 Å². The predicted octanol–water partition coefficient (Wildman–Crippen LogP) is 5.10. The molecule has 0 saturated carbocycles. The number of morpholine rings is 1. The first kappa shape index (κ1) is 25.2. The molecule has 4 heterocycles. The van der Waals surface area contributed by atoms with Gasteiger partial charge in [0.25, 0.3) is 0 Å². The van der Waals surface area contributed by atoms with Gasteiger partial charge in [0, 0.05) is 38.9 Å². The number of anilines is 1. The maximum Gasteiger partial charge on any atom is 0.192 e. The smallest absolute Gasteiger partial charge is 0.192 e.